The molecule has 0 aromatic carbocycles. The van der Waals surface area contributed by atoms with E-state index in [0.717, 1.165) is 11.3 Å². The summed E-state index contributed by atoms with van der Waals surface area (Å²) in [5.74, 6) is 0.125. The van der Waals surface area contributed by atoms with Crippen molar-refractivity contribution in [2.24, 2.45) is 7.05 Å². The SMILES string of the molecule is CCOC(=O)c1nc(-c2cn[nH]c2C)n(C)n1. The molecule has 7 nitrogen and oxygen atoms in total. The first-order chi connectivity index (χ1) is 8.13. The van der Waals surface area contributed by atoms with Crippen LogP contribution >= 0.6 is 0 Å². The van der Waals surface area contributed by atoms with Crippen LogP contribution in [0.1, 0.15) is 23.2 Å². The van der Waals surface area contributed by atoms with Gasteiger partial charge in [-0.3, -0.25) is 5.10 Å². The Morgan fingerprint density at radius 2 is 2.35 bits per heavy atom. The van der Waals surface area contributed by atoms with E-state index < -0.39 is 5.97 Å². The average Bonchev–Trinajstić information content (AvgIpc) is 2.85. The molecular formula is C10H13N5O2. The normalized spacial score (nSPS) is 10.5. The number of aromatic nitrogens is 5. The number of nitrogens with one attached hydrogen (secondary N) is 1. The molecule has 0 saturated carbocycles. The van der Waals surface area contributed by atoms with Crippen molar-refractivity contribution < 1.29 is 9.53 Å². The zero-order valence-electron chi connectivity index (χ0n) is 9.89. The molecule has 2 aromatic heterocycles. The second-order valence-electron chi connectivity index (χ2n) is 3.51. The standard InChI is InChI=1S/C10H13N5O2/c1-4-17-10(16)8-12-9(15(3)14-8)7-5-11-13-6(7)2/h5H,4H2,1-3H3,(H,11,13). The highest BCUT2D eigenvalue weighted by atomic mass is 16.5. The molecule has 0 radical (unpaired) electrons. The minimum atomic E-state index is -0.518. The van der Waals surface area contributed by atoms with E-state index in [1.807, 2.05) is 6.92 Å². The molecule has 0 spiro atoms. The van der Waals surface area contributed by atoms with Gasteiger partial charge in [-0.05, 0) is 13.8 Å². The second kappa shape index (κ2) is 4.36. The first-order valence-corrected chi connectivity index (χ1v) is 5.22. The summed E-state index contributed by atoms with van der Waals surface area (Å²) in [5, 5.41) is 10.7. The molecular weight excluding hydrogens is 222 g/mol. The van der Waals surface area contributed by atoms with E-state index in [1.54, 1.807) is 20.2 Å². The van der Waals surface area contributed by atoms with Gasteiger partial charge in [0.1, 0.15) is 0 Å². The molecule has 0 aliphatic carbocycles. The molecule has 90 valence electrons. The zero-order valence-corrected chi connectivity index (χ0v) is 9.89. The zero-order chi connectivity index (χ0) is 12.4. The van der Waals surface area contributed by atoms with Crippen LogP contribution in [0, 0.1) is 6.92 Å². The highest BCUT2D eigenvalue weighted by Gasteiger charge is 2.18. The summed E-state index contributed by atoms with van der Waals surface area (Å²) >= 11 is 0. The molecule has 2 aromatic rings. The average molecular weight is 235 g/mol. The largest absolute Gasteiger partial charge is 0.460 e. The summed E-state index contributed by atoms with van der Waals surface area (Å²) < 4.78 is 6.37. The minimum Gasteiger partial charge on any atom is -0.460 e. The lowest BCUT2D eigenvalue weighted by Crippen LogP contribution is -2.07. The molecule has 1 N–H and O–H groups in total. The van der Waals surface area contributed by atoms with Crippen molar-refractivity contribution in [3.8, 4) is 11.4 Å². The van der Waals surface area contributed by atoms with Gasteiger partial charge in [0, 0.05) is 12.7 Å². The van der Waals surface area contributed by atoms with Crippen LogP contribution < -0.4 is 0 Å². The molecule has 2 heterocycles. The fourth-order valence-corrected chi connectivity index (χ4v) is 1.48. The lowest BCUT2D eigenvalue weighted by molar-refractivity contribution is 0.0512. The van der Waals surface area contributed by atoms with Crippen LogP contribution in [0.4, 0.5) is 0 Å². The summed E-state index contributed by atoms with van der Waals surface area (Å²) in [6, 6.07) is 0. The van der Waals surface area contributed by atoms with E-state index in [1.165, 1.54) is 4.68 Å². The van der Waals surface area contributed by atoms with Gasteiger partial charge in [0.15, 0.2) is 5.82 Å². The van der Waals surface area contributed by atoms with Gasteiger partial charge < -0.3 is 4.74 Å². The Morgan fingerprint density at radius 1 is 1.59 bits per heavy atom. The Balaban J connectivity index is 2.38. The Kier molecular flexibility index (Phi) is 2.90. The highest BCUT2D eigenvalue weighted by molar-refractivity contribution is 5.85. The lowest BCUT2D eigenvalue weighted by atomic mass is 10.2. The molecule has 0 unspecified atom stereocenters. The van der Waals surface area contributed by atoms with E-state index in [2.05, 4.69) is 20.3 Å². The van der Waals surface area contributed by atoms with Crippen LogP contribution in [0.25, 0.3) is 11.4 Å². The molecule has 17 heavy (non-hydrogen) atoms. The van der Waals surface area contributed by atoms with Gasteiger partial charge >= 0.3 is 5.97 Å². The predicted octanol–water partition coefficient (Wildman–Crippen LogP) is 0.690. The van der Waals surface area contributed by atoms with Crippen LogP contribution in [0.3, 0.4) is 0 Å². The summed E-state index contributed by atoms with van der Waals surface area (Å²) in [7, 11) is 1.72. The van der Waals surface area contributed by atoms with Crippen LogP contribution in [0.2, 0.25) is 0 Å². The van der Waals surface area contributed by atoms with E-state index in [0.29, 0.717) is 12.4 Å². The Bertz CT molecular complexity index is 543. The van der Waals surface area contributed by atoms with Crippen molar-refractivity contribution in [1.29, 1.82) is 0 Å². The van der Waals surface area contributed by atoms with E-state index in [4.69, 9.17) is 4.74 Å². The Labute approximate surface area is 97.8 Å². The molecule has 7 heteroatoms. The fraction of sp³-hybridized carbons (Fsp3) is 0.400. The maximum absolute atomic E-state index is 11.5. The summed E-state index contributed by atoms with van der Waals surface area (Å²) in [4.78, 5) is 15.6. The molecule has 0 fully saturated rings. The maximum atomic E-state index is 11.5. The minimum absolute atomic E-state index is 0.0601. The highest BCUT2D eigenvalue weighted by Crippen LogP contribution is 2.18. The molecule has 0 atom stereocenters. The first-order valence-electron chi connectivity index (χ1n) is 5.22. The molecule has 0 amide bonds. The quantitative estimate of drug-likeness (QED) is 0.791. The fourth-order valence-electron chi connectivity index (χ4n) is 1.48. The van der Waals surface area contributed by atoms with E-state index in [9.17, 15) is 4.79 Å². The third-order valence-corrected chi connectivity index (χ3v) is 2.29. The van der Waals surface area contributed by atoms with Crippen molar-refractivity contribution in [3.05, 3.63) is 17.7 Å². The number of rotatable bonds is 3. The summed E-state index contributed by atoms with van der Waals surface area (Å²) in [6.07, 6.45) is 1.65. The van der Waals surface area contributed by atoms with Crippen molar-refractivity contribution >= 4 is 5.97 Å². The molecule has 0 aliphatic heterocycles. The first kappa shape index (κ1) is 11.3. The molecule has 2 rings (SSSR count). The van der Waals surface area contributed by atoms with Gasteiger partial charge in [-0.15, -0.1) is 5.10 Å². The van der Waals surface area contributed by atoms with E-state index >= 15 is 0 Å². The topological polar surface area (TPSA) is 85.7 Å². The predicted molar refractivity (Wildman–Crippen MR) is 59.3 cm³/mol. The van der Waals surface area contributed by atoms with Crippen LogP contribution in [0.15, 0.2) is 6.20 Å². The number of esters is 1. The van der Waals surface area contributed by atoms with Gasteiger partial charge in [0.2, 0.25) is 0 Å². The number of H-pyrrole nitrogens is 1. The van der Waals surface area contributed by atoms with Crippen molar-refractivity contribution in [2.75, 3.05) is 6.61 Å². The number of nitrogens with zero attached hydrogens (tertiary/aromatic N) is 4. The van der Waals surface area contributed by atoms with Crippen molar-refractivity contribution in [2.45, 2.75) is 13.8 Å². The van der Waals surface area contributed by atoms with Gasteiger partial charge in [-0.1, -0.05) is 0 Å². The maximum Gasteiger partial charge on any atom is 0.378 e. The lowest BCUT2D eigenvalue weighted by Gasteiger charge is -1.95. The Hall–Kier alpha value is -2.18. The monoisotopic (exact) mass is 235 g/mol. The second-order valence-corrected chi connectivity index (χ2v) is 3.51. The summed E-state index contributed by atoms with van der Waals surface area (Å²) in [6.45, 7) is 3.92. The third kappa shape index (κ3) is 2.03. The van der Waals surface area contributed by atoms with Crippen molar-refractivity contribution in [3.63, 3.8) is 0 Å². The van der Waals surface area contributed by atoms with Gasteiger partial charge in [-0.2, -0.15) is 5.10 Å². The molecule has 0 aliphatic rings. The van der Waals surface area contributed by atoms with Gasteiger partial charge in [0.05, 0.1) is 18.4 Å². The number of aryl methyl sites for hydroxylation is 2. The van der Waals surface area contributed by atoms with Crippen molar-refractivity contribution in [1.82, 2.24) is 25.0 Å². The van der Waals surface area contributed by atoms with Gasteiger partial charge in [-0.25, -0.2) is 14.5 Å². The van der Waals surface area contributed by atoms with Crippen LogP contribution in [-0.4, -0.2) is 37.5 Å². The Morgan fingerprint density at radius 3 is 2.94 bits per heavy atom. The number of carbonyl (C=O) groups is 1. The van der Waals surface area contributed by atoms with E-state index in [-0.39, 0.29) is 5.82 Å². The third-order valence-electron chi connectivity index (χ3n) is 2.29. The molecule has 0 bridgehead atoms. The van der Waals surface area contributed by atoms with Crippen LogP contribution in [0.5, 0.6) is 0 Å². The number of hydrogen-bond donors (Lipinski definition) is 1. The number of carbonyl (C=O) groups excluding carboxylic acids is 1. The smallest absolute Gasteiger partial charge is 0.378 e. The number of hydrogen-bond acceptors (Lipinski definition) is 5. The summed E-state index contributed by atoms with van der Waals surface area (Å²) in [5.41, 5.74) is 1.69. The molecule has 0 saturated heterocycles. The number of ether oxygens (including phenoxy) is 1. The van der Waals surface area contributed by atoms with Crippen LogP contribution in [-0.2, 0) is 11.8 Å². The number of aromatic amines is 1. The van der Waals surface area contributed by atoms with Gasteiger partial charge in [0.25, 0.3) is 5.82 Å².